The first kappa shape index (κ1) is 24.5. The van der Waals surface area contributed by atoms with Crippen molar-refractivity contribution in [1.29, 1.82) is 0 Å². The number of fused-ring (bicyclic) bond motifs is 1. The number of benzene rings is 1. The lowest BCUT2D eigenvalue weighted by Gasteiger charge is -2.17. The van der Waals surface area contributed by atoms with Crippen LogP contribution in [0.15, 0.2) is 23.1 Å². The molecule has 1 N–H and O–H groups in total. The molecular formula is C18H14F7N3O4S. The van der Waals surface area contributed by atoms with E-state index in [1.54, 1.807) is 13.8 Å². The number of nitrogens with zero attached hydrogens (tertiary/aromatic N) is 2. The Balaban J connectivity index is 2.36. The molecule has 3 rings (SSSR count). The van der Waals surface area contributed by atoms with Gasteiger partial charge in [-0.1, -0.05) is 13.8 Å². The van der Waals surface area contributed by atoms with Gasteiger partial charge in [0.2, 0.25) is 0 Å². The number of aromatic nitrogens is 3. The highest BCUT2D eigenvalue weighted by Crippen LogP contribution is 2.36. The van der Waals surface area contributed by atoms with E-state index in [2.05, 4.69) is 14.4 Å². The number of pyridine rings is 1. The van der Waals surface area contributed by atoms with Crippen LogP contribution in [-0.2, 0) is 16.3 Å². The van der Waals surface area contributed by atoms with Gasteiger partial charge in [-0.25, -0.2) is 4.39 Å². The number of nitrogens with one attached hydrogen (secondary N) is 1. The number of aryl methyl sites for hydroxylation is 1. The minimum absolute atomic E-state index is 0.104. The third-order valence-electron chi connectivity index (χ3n) is 4.63. The smallest absolute Gasteiger partial charge is 0.373 e. The molecule has 2 aromatic heterocycles. The van der Waals surface area contributed by atoms with Crippen LogP contribution < -0.4 is 9.74 Å². The molecule has 0 atom stereocenters. The third kappa shape index (κ3) is 4.28. The van der Waals surface area contributed by atoms with Crippen molar-refractivity contribution in [3.63, 3.8) is 0 Å². The summed E-state index contributed by atoms with van der Waals surface area (Å²) < 4.78 is 120. The number of alkyl halides is 6. The highest BCUT2D eigenvalue weighted by Gasteiger charge is 2.49. The topological polar surface area (TPSA) is 94.1 Å². The summed E-state index contributed by atoms with van der Waals surface area (Å²) in [6, 6.07) is 0.992. The summed E-state index contributed by atoms with van der Waals surface area (Å²) in [4.78, 5) is 13.0. The molecule has 0 radical (unpaired) electrons. The van der Waals surface area contributed by atoms with Crippen LogP contribution in [0.25, 0.3) is 16.5 Å². The maximum absolute atomic E-state index is 14.5. The molecule has 33 heavy (non-hydrogen) atoms. The first-order valence-corrected chi connectivity index (χ1v) is 10.4. The Morgan fingerprint density at radius 1 is 1.09 bits per heavy atom. The SMILES string of the molecule is Cc1[nH]nc(C(F)(F)F)c1-n1cc(C(C)C)c2cc(OS(=O)(=O)C(F)(F)F)c(F)cc2c1=O. The Morgan fingerprint density at radius 2 is 1.70 bits per heavy atom. The molecule has 0 saturated carbocycles. The second-order valence-corrected chi connectivity index (χ2v) is 8.81. The van der Waals surface area contributed by atoms with Crippen LogP contribution in [0, 0.1) is 12.7 Å². The second kappa shape index (κ2) is 7.74. The van der Waals surface area contributed by atoms with Crippen LogP contribution >= 0.6 is 0 Å². The molecule has 3 aromatic rings. The van der Waals surface area contributed by atoms with E-state index in [4.69, 9.17) is 0 Å². The Bertz CT molecular complexity index is 1400. The van der Waals surface area contributed by atoms with Crippen molar-refractivity contribution < 1.29 is 43.3 Å². The molecule has 0 unspecified atom stereocenters. The average Bonchev–Trinajstić information content (AvgIpc) is 3.04. The van der Waals surface area contributed by atoms with Crippen molar-refractivity contribution in [2.45, 2.75) is 38.4 Å². The fourth-order valence-electron chi connectivity index (χ4n) is 3.14. The van der Waals surface area contributed by atoms with Gasteiger partial charge >= 0.3 is 21.8 Å². The van der Waals surface area contributed by atoms with Gasteiger partial charge < -0.3 is 4.18 Å². The summed E-state index contributed by atoms with van der Waals surface area (Å²) in [6.07, 6.45) is -3.94. The molecule has 0 saturated heterocycles. The highest BCUT2D eigenvalue weighted by atomic mass is 32.2. The van der Waals surface area contributed by atoms with Gasteiger partial charge in [-0.2, -0.15) is 39.9 Å². The lowest BCUT2D eigenvalue weighted by molar-refractivity contribution is -0.141. The van der Waals surface area contributed by atoms with Crippen molar-refractivity contribution in [3.05, 3.63) is 51.5 Å². The van der Waals surface area contributed by atoms with E-state index in [-0.39, 0.29) is 16.6 Å². The van der Waals surface area contributed by atoms with Crippen molar-refractivity contribution in [3.8, 4) is 11.4 Å². The lowest BCUT2D eigenvalue weighted by Crippen LogP contribution is -2.28. The van der Waals surface area contributed by atoms with Crippen LogP contribution in [0.4, 0.5) is 30.7 Å². The molecule has 0 bridgehead atoms. The third-order valence-corrected chi connectivity index (χ3v) is 5.60. The van der Waals surface area contributed by atoms with Gasteiger partial charge in [-0.05, 0) is 35.9 Å². The number of hydrogen-bond donors (Lipinski definition) is 1. The zero-order chi connectivity index (χ0) is 25.1. The quantitative estimate of drug-likeness (QED) is 0.322. The van der Waals surface area contributed by atoms with Crippen molar-refractivity contribution in [2.75, 3.05) is 0 Å². The number of rotatable bonds is 4. The van der Waals surface area contributed by atoms with Gasteiger partial charge in [0, 0.05) is 6.20 Å². The minimum atomic E-state index is -6.22. The van der Waals surface area contributed by atoms with Gasteiger partial charge in [0.1, 0.15) is 5.69 Å². The van der Waals surface area contributed by atoms with Gasteiger partial charge in [-0.3, -0.25) is 14.5 Å². The normalized spacial score (nSPS) is 13.2. The van der Waals surface area contributed by atoms with Crippen LogP contribution in [0.5, 0.6) is 5.75 Å². The van der Waals surface area contributed by atoms with Crippen LogP contribution in [0.1, 0.15) is 36.7 Å². The van der Waals surface area contributed by atoms with E-state index in [0.717, 1.165) is 6.20 Å². The predicted molar refractivity (Wildman–Crippen MR) is 101 cm³/mol. The summed E-state index contributed by atoms with van der Waals surface area (Å²) in [5, 5.41) is 4.60. The minimum Gasteiger partial charge on any atom is -0.373 e. The molecular weight excluding hydrogens is 487 g/mol. The maximum atomic E-state index is 14.5. The standard InChI is InChI=1S/C18H14F7N3O4S/c1-7(2)11-6-28(14-8(3)26-27-15(14)17(20,21)22)16(29)10-4-12(19)13(5-9(10)11)32-33(30,31)18(23,24)25/h4-7H,1-3H3,(H,26,27). The number of hydrogen-bond acceptors (Lipinski definition) is 5. The molecule has 0 aliphatic rings. The van der Waals surface area contributed by atoms with Crippen molar-refractivity contribution in [1.82, 2.24) is 14.8 Å². The fraction of sp³-hybridized carbons (Fsp3) is 0.333. The van der Waals surface area contributed by atoms with E-state index < -0.39 is 61.6 Å². The van der Waals surface area contributed by atoms with E-state index >= 15 is 0 Å². The number of halogens is 7. The van der Waals surface area contributed by atoms with Crippen molar-refractivity contribution in [2.24, 2.45) is 0 Å². The summed E-state index contributed by atoms with van der Waals surface area (Å²) in [5.41, 5.74) is -9.06. The summed E-state index contributed by atoms with van der Waals surface area (Å²) >= 11 is 0. The first-order chi connectivity index (χ1) is 15.0. The van der Waals surface area contributed by atoms with Crippen molar-refractivity contribution >= 4 is 20.9 Å². The Kier molecular flexibility index (Phi) is 5.76. The zero-order valence-electron chi connectivity index (χ0n) is 16.9. The van der Waals surface area contributed by atoms with E-state index in [9.17, 15) is 43.9 Å². The highest BCUT2D eigenvalue weighted by molar-refractivity contribution is 7.88. The zero-order valence-corrected chi connectivity index (χ0v) is 17.7. The molecule has 7 nitrogen and oxygen atoms in total. The lowest BCUT2D eigenvalue weighted by atomic mass is 9.98. The summed E-state index contributed by atoms with van der Waals surface area (Å²) in [5.74, 6) is -3.51. The summed E-state index contributed by atoms with van der Waals surface area (Å²) in [6.45, 7) is 4.32. The Hall–Kier alpha value is -3.10. The second-order valence-electron chi connectivity index (χ2n) is 7.27. The molecule has 0 fully saturated rings. The van der Waals surface area contributed by atoms with Gasteiger partial charge in [0.25, 0.3) is 5.56 Å². The molecule has 180 valence electrons. The van der Waals surface area contributed by atoms with E-state index in [1.165, 1.54) is 6.92 Å². The maximum Gasteiger partial charge on any atom is 0.534 e. The molecule has 0 amide bonds. The largest absolute Gasteiger partial charge is 0.534 e. The molecule has 15 heteroatoms. The number of aromatic amines is 1. The number of H-pyrrole nitrogens is 1. The fourth-order valence-corrected chi connectivity index (χ4v) is 3.60. The molecule has 2 heterocycles. The monoisotopic (exact) mass is 501 g/mol. The van der Waals surface area contributed by atoms with E-state index in [1.807, 2.05) is 0 Å². The molecule has 0 spiro atoms. The van der Waals surface area contributed by atoms with Gasteiger partial charge in [-0.15, -0.1) is 0 Å². The molecule has 1 aromatic carbocycles. The Morgan fingerprint density at radius 3 is 2.21 bits per heavy atom. The van der Waals surface area contributed by atoms with Crippen LogP contribution in [0.3, 0.4) is 0 Å². The predicted octanol–water partition coefficient (Wildman–Crippen LogP) is 4.53. The Labute approximate surface area is 180 Å². The van der Waals surface area contributed by atoms with Crippen LogP contribution in [-0.4, -0.2) is 28.7 Å². The van der Waals surface area contributed by atoms with E-state index in [0.29, 0.717) is 16.7 Å². The molecule has 0 aliphatic heterocycles. The average molecular weight is 501 g/mol. The van der Waals surface area contributed by atoms with Crippen LogP contribution in [0.2, 0.25) is 0 Å². The van der Waals surface area contributed by atoms with Gasteiger partial charge in [0.15, 0.2) is 17.3 Å². The first-order valence-electron chi connectivity index (χ1n) is 8.97. The summed E-state index contributed by atoms with van der Waals surface area (Å²) in [7, 11) is -6.22. The molecule has 0 aliphatic carbocycles. The van der Waals surface area contributed by atoms with Gasteiger partial charge in [0.05, 0.1) is 11.1 Å².